The molecule has 0 aromatic carbocycles. The molecule has 0 unspecified atom stereocenters. The number of alkyl carbamates (subject to hydrolysis) is 1. The monoisotopic (exact) mass is 794 g/mol. The average Bonchev–Trinajstić information content (AvgIpc) is 3.82. The van der Waals surface area contributed by atoms with E-state index in [4.69, 9.17) is 19.2 Å². The Hall–Kier alpha value is -4.47. The second-order valence-corrected chi connectivity index (χ2v) is 19.1. The zero-order valence-corrected chi connectivity index (χ0v) is 33.8. The number of methoxy groups -OCH3 is 1. The molecule has 2 saturated carbocycles. The quantitative estimate of drug-likeness (QED) is 0.341. The van der Waals surface area contributed by atoms with Gasteiger partial charge in [-0.3, -0.25) is 19.1 Å². The number of rotatable bonds is 7. The molecule has 2 aromatic heterocycles. The van der Waals surface area contributed by atoms with E-state index in [1.165, 1.54) is 4.90 Å². The van der Waals surface area contributed by atoms with Crippen LogP contribution in [0.3, 0.4) is 0 Å². The van der Waals surface area contributed by atoms with Crippen LogP contribution in [0.4, 0.5) is 4.79 Å². The Bertz CT molecular complexity index is 2050. The normalized spacial score (nSPS) is 29.3. The number of aromatic nitrogens is 2. The van der Waals surface area contributed by atoms with Crippen molar-refractivity contribution >= 4 is 44.9 Å². The minimum atomic E-state index is -4.01. The number of fused-ring (bicyclic) bond motifs is 5. The van der Waals surface area contributed by atoms with Crippen molar-refractivity contribution in [2.45, 2.75) is 133 Å². The van der Waals surface area contributed by atoms with Gasteiger partial charge in [-0.1, -0.05) is 38.8 Å². The molecule has 7 rings (SSSR count). The van der Waals surface area contributed by atoms with Gasteiger partial charge >= 0.3 is 6.09 Å². The summed E-state index contributed by atoms with van der Waals surface area (Å²) in [5.41, 5.74) is 0.276. The first kappa shape index (κ1) is 39.8. The first-order chi connectivity index (χ1) is 26.6. The number of carbonyl (C=O) groups is 4. The van der Waals surface area contributed by atoms with Gasteiger partial charge in [0.25, 0.3) is 5.91 Å². The van der Waals surface area contributed by atoms with E-state index in [0.717, 1.165) is 18.4 Å². The van der Waals surface area contributed by atoms with Crippen molar-refractivity contribution in [2.24, 2.45) is 11.8 Å². The average molecular weight is 795 g/mol. The summed E-state index contributed by atoms with van der Waals surface area (Å²) in [7, 11) is -2.46. The van der Waals surface area contributed by atoms with E-state index >= 15 is 0 Å². The summed E-state index contributed by atoms with van der Waals surface area (Å²) in [6.07, 6.45) is 9.13. The minimum Gasteiger partial charge on any atom is -0.483 e. The number of aryl methyl sites for hydroxylation is 2. The van der Waals surface area contributed by atoms with Crippen molar-refractivity contribution in [3.8, 4) is 11.6 Å². The Morgan fingerprint density at radius 1 is 1.09 bits per heavy atom. The van der Waals surface area contributed by atoms with Crippen LogP contribution in [0.2, 0.25) is 0 Å². The van der Waals surface area contributed by atoms with Crippen molar-refractivity contribution in [3.63, 3.8) is 0 Å². The number of carbonyl (C=O) groups excluding carboxylic acids is 4. The largest absolute Gasteiger partial charge is 0.483 e. The van der Waals surface area contributed by atoms with Crippen molar-refractivity contribution < 1.29 is 41.8 Å². The highest BCUT2D eigenvalue weighted by Gasteiger charge is 2.59. The lowest BCUT2D eigenvalue weighted by molar-refractivity contribution is -0.144. The Labute approximate surface area is 328 Å². The number of hydrogen-bond donors (Lipinski definition) is 3. The molecule has 5 atom stereocenters. The van der Waals surface area contributed by atoms with Gasteiger partial charge in [0.2, 0.25) is 27.7 Å². The molecule has 1 spiro atoms. The third-order valence-corrected chi connectivity index (χ3v) is 14.5. The smallest absolute Gasteiger partial charge is 0.407 e. The zero-order valence-electron chi connectivity index (χ0n) is 32.9. The Balaban J connectivity index is 1.24. The lowest BCUT2D eigenvalue weighted by atomic mass is 9.65. The molecule has 16 heteroatoms. The first-order valence-corrected chi connectivity index (χ1v) is 21.4. The Morgan fingerprint density at radius 2 is 1.88 bits per heavy atom. The van der Waals surface area contributed by atoms with Crippen LogP contribution in [0.25, 0.3) is 11.0 Å². The maximum Gasteiger partial charge on any atom is 0.407 e. The second kappa shape index (κ2) is 15.1. The molecule has 0 radical (unpaired) electrons. The van der Waals surface area contributed by atoms with Crippen LogP contribution in [0.15, 0.2) is 24.3 Å². The number of nitrogens with zero attached hydrogens (tertiary/aromatic N) is 3. The third-order valence-electron chi connectivity index (χ3n) is 12.3. The highest BCUT2D eigenvalue weighted by Crippen LogP contribution is 2.47. The van der Waals surface area contributed by atoms with Crippen LogP contribution in [0.5, 0.6) is 11.6 Å². The van der Waals surface area contributed by atoms with E-state index in [1.807, 2.05) is 39.0 Å². The number of nitrogens with one attached hydrogen (secondary N) is 3. The minimum absolute atomic E-state index is 0.0286. The summed E-state index contributed by atoms with van der Waals surface area (Å²) in [4.78, 5) is 67.6. The zero-order chi connectivity index (χ0) is 40.0. The second-order valence-electron chi connectivity index (χ2n) is 16.9. The molecular formula is C40H54N6O9S. The van der Waals surface area contributed by atoms with Gasteiger partial charge in [0.1, 0.15) is 29.0 Å². The van der Waals surface area contributed by atoms with Crippen molar-refractivity contribution in [1.82, 2.24) is 30.2 Å². The molecule has 304 valence electrons. The number of sulfonamides is 1. The Morgan fingerprint density at radius 3 is 2.57 bits per heavy atom. The standard InChI is InChI=1S/C40H54N6O9S/c1-24(2)22-54-37(50)42-29-12-10-8-6-7-9-11-26-15-18-40(26,36(49)45-56(51,52)38(4)19-20-38)44-34(47)30-21-39(23-46(30)35(29)48)17-16-27-32-28(13-14-31(43-32)53-5)41-25(3)33(27)55-39/h9,11,13-14,24,26,29-30H,6-8,10,12,15-23H2,1-5H3,(H,42,50)(H,44,47)(H,45,49)/b11-9-/t26-,29+,30+,39-,40-/m1/s1. The maximum absolute atomic E-state index is 14.8. The predicted molar refractivity (Wildman–Crippen MR) is 206 cm³/mol. The first-order valence-electron chi connectivity index (χ1n) is 19.9. The van der Waals surface area contributed by atoms with Crippen LogP contribution < -0.4 is 24.8 Å². The van der Waals surface area contributed by atoms with Crippen LogP contribution in [0, 0.1) is 18.8 Å². The summed E-state index contributed by atoms with van der Waals surface area (Å²) in [6, 6.07) is 1.50. The topological polar surface area (TPSA) is 195 Å². The fourth-order valence-corrected chi connectivity index (χ4v) is 9.76. The van der Waals surface area contributed by atoms with Crippen molar-refractivity contribution in [2.75, 3.05) is 20.3 Å². The van der Waals surface area contributed by atoms with E-state index in [2.05, 4.69) is 20.3 Å². The number of amides is 4. The fourth-order valence-electron chi connectivity index (χ4n) is 8.44. The lowest BCUT2D eigenvalue weighted by Crippen LogP contribution is -2.70. The SMILES string of the molecule is COc1ccc2nc(C)c3c(c2n1)CC[C@]1(C[C@H]2C(=O)N[C@]4(C(=O)NS(=O)(=O)C5(C)CC5)CC[C@H]4/C=C\CCCCC[C@H](NC(=O)OCC(C)C)C(=O)N2C1)O3. The van der Waals surface area contributed by atoms with E-state index < -0.39 is 67.7 Å². The van der Waals surface area contributed by atoms with Gasteiger partial charge in [-0.25, -0.2) is 23.2 Å². The molecule has 3 fully saturated rings. The number of hydrogen-bond acceptors (Lipinski definition) is 11. The molecule has 15 nitrogen and oxygen atoms in total. The summed E-state index contributed by atoms with van der Waals surface area (Å²) in [6.45, 7) is 7.49. The number of ether oxygens (including phenoxy) is 3. The molecule has 56 heavy (non-hydrogen) atoms. The molecule has 3 aliphatic heterocycles. The van der Waals surface area contributed by atoms with Crippen LogP contribution in [-0.2, 0) is 35.6 Å². The highest BCUT2D eigenvalue weighted by atomic mass is 32.2. The molecule has 5 aliphatic rings. The highest BCUT2D eigenvalue weighted by molar-refractivity contribution is 7.91. The van der Waals surface area contributed by atoms with Crippen LogP contribution in [-0.4, -0.2) is 95.3 Å². The molecule has 0 bridgehead atoms. The van der Waals surface area contributed by atoms with Gasteiger partial charge in [-0.05, 0) is 83.6 Å². The molecule has 2 aromatic rings. The number of pyridine rings is 2. The molecular weight excluding hydrogens is 741 g/mol. The summed E-state index contributed by atoms with van der Waals surface area (Å²) >= 11 is 0. The van der Waals surface area contributed by atoms with Gasteiger partial charge in [0.05, 0.1) is 41.7 Å². The third kappa shape index (κ3) is 7.52. The summed E-state index contributed by atoms with van der Waals surface area (Å²) in [5.74, 6) is -1.22. The van der Waals surface area contributed by atoms with Gasteiger partial charge in [-0.15, -0.1) is 0 Å². The predicted octanol–water partition coefficient (Wildman–Crippen LogP) is 4.15. The molecule has 1 saturated heterocycles. The van der Waals surface area contributed by atoms with Gasteiger partial charge in [0.15, 0.2) is 0 Å². The summed E-state index contributed by atoms with van der Waals surface area (Å²) < 4.78 is 45.6. The maximum atomic E-state index is 14.8. The fraction of sp³-hybridized carbons (Fsp3) is 0.650. The molecule has 4 amide bonds. The van der Waals surface area contributed by atoms with E-state index in [9.17, 15) is 27.6 Å². The van der Waals surface area contributed by atoms with E-state index in [1.54, 1.807) is 20.1 Å². The van der Waals surface area contributed by atoms with Crippen molar-refractivity contribution in [1.29, 1.82) is 0 Å². The Kier molecular flexibility index (Phi) is 10.7. The summed E-state index contributed by atoms with van der Waals surface area (Å²) in [5, 5.41) is 5.79. The van der Waals surface area contributed by atoms with Crippen LogP contribution >= 0.6 is 0 Å². The van der Waals surface area contributed by atoms with Crippen molar-refractivity contribution in [3.05, 3.63) is 35.5 Å². The lowest BCUT2D eigenvalue weighted by Gasteiger charge is -2.48. The number of allylic oxidation sites excluding steroid dienone is 1. The van der Waals surface area contributed by atoms with E-state index in [-0.39, 0.29) is 31.9 Å². The van der Waals surface area contributed by atoms with Gasteiger partial charge < -0.3 is 29.7 Å². The molecule has 5 heterocycles. The van der Waals surface area contributed by atoms with Gasteiger partial charge in [-0.2, -0.15) is 0 Å². The van der Waals surface area contributed by atoms with Gasteiger partial charge in [0, 0.05) is 24.0 Å². The van der Waals surface area contributed by atoms with E-state index in [0.29, 0.717) is 79.7 Å². The molecule has 2 aliphatic carbocycles. The van der Waals surface area contributed by atoms with Crippen LogP contribution in [0.1, 0.15) is 103 Å². The molecule has 3 N–H and O–H groups in total.